The molecule has 6 aromatic carbocycles. The van der Waals surface area contributed by atoms with Crippen LogP contribution >= 0.6 is 0 Å². The lowest BCUT2D eigenvalue weighted by molar-refractivity contribution is 1.30. The summed E-state index contributed by atoms with van der Waals surface area (Å²) in [6, 6.07) is 51.9. The first-order valence-electron chi connectivity index (χ1n) is 13.4. The summed E-state index contributed by atoms with van der Waals surface area (Å²) >= 11 is 0. The van der Waals surface area contributed by atoms with Crippen LogP contribution in [0.1, 0.15) is 27.8 Å². The summed E-state index contributed by atoms with van der Waals surface area (Å²) < 4.78 is 0. The summed E-state index contributed by atoms with van der Waals surface area (Å²) in [4.78, 5) is 2.35. The fourth-order valence-corrected chi connectivity index (χ4v) is 5.55. The smallest absolute Gasteiger partial charge is 0.0540 e. The Balaban J connectivity index is 1.35. The first-order valence-corrected chi connectivity index (χ1v) is 13.4. The molecule has 0 spiro atoms. The Hall–Kier alpha value is -5.14. The number of hydrogen-bond acceptors (Lipinski definition) is 1. The lowest BCUT2D eigenvalue weighted by Crippen LogP contribution is -2.10. The second-order valence-electron chi connectivity index (χ2n) is 9.83. The maximum absolute atomic E-state index is 2.35. The van der Waals surface area contributed by atoms with Gasteiger partial charge >= 0.3 is 0 Å². The molecule has 1 nitrogen and oxygen atoms in total. The van der Waals surface area contributed by atoms with E-state index >= 15 is 0 Å². The van der Waals surface area contributed by atoms with Crippen LogP contribution in [0.15, 0.2) is 146 Å². The van der Waals surface area contributed by atoms with E-state index in [0.29, 0.717) is 0 Å². The third-order valence-electron chi connectivity index (χ3n) is 7.43. The zero-order valence-electron chi connectivity index (χ0n) is 21.5. The molecule has 184 valence electrons. The van der Waals surface area contributed by atoms with Crippen molar-refractivity contribution < 1.29 is 0 Å². The molecule has 0 heterocycles. The van der Waals surface area contributed by atoms with Gasteiger partial charge in [0.15, 0.2) is 0 Å². The van der Waals surface area contributed by atoms with Crippen molar-refractivity contribution in [1.82, 2.24) is 0 Å². The minimum Gasteiger partial charge on any atom is -0.310 e. The van der Waals surface area contributed by atoms with Crippen LogP contribution in [0.2, 0.25) is 0 Å². The van der Waals surface area contributed by atoms with Gasteiger partial charge in [-0.2, -0.15) is 0 Å². The van der Waals surface area contributed by atoms with Crippen molar-refractivity contribution in [2.24, 2.45) is 0 Å². The van der Waals surface area contributed by atoms with Gasteiger partial charge in [0, 0.05) is 16.8 Å². The zero-order valence-corrected chi connectivity index (χ0v) is 21.5. The van der Waals surface area contributed by atoms with E-state index in [2.05, 4.69) is 169 Å². The van der Waals surface area contributed by atoms with Crippen LogP contribution in [0.3, 0.4) is 0 Å². The minimum atomic E-state index is 1.13. The average Bonchev–Trinajstić information content (AvgIpc) is 3.16. The number of nitrogens with zero attached hydrogens (tertiary/aromatic N) is 1. The van der Waals surface area contributed by atoms with Crippen LogP contribution in [0, 0.1) is 0 Å². The highest BCUT2D eigenvalue weighted by Crippen LogP contribution is 2.39. The molecule has 0 aliphatic heterocycles. The molecule has 39 heavy (non-hydrogen) atoms. The first kappa shape index (κ1) is 23.0. The summed E-state index contributed by atoms with van der Waals surface area (Å²) in [5, 5.41) is 2.46. The van der Waals surface area contributed by atoms with E-state index in [1.54, 1.807) is 0 Å². The Kier molecular flexibility index (Phi) is 5.88. The van der Waals surface area contributed by atoms with Crippen LogP contribution in [-0.4, -0.2) is 0 Å². The number of hydrogen-bond donors (Lipinski definition) is 0. The van der Waals surface area contributed by atoms with E-state index in [4.69, 9.17) is 0 Å². The minimum absolute atomic E-state index is 1.13. The maximum Gasteiger partial charge on any atom is 0.0540 e. The van der Waals surface area contributed by atoms with Crippen LogP contribution in [0.4, 0.5) is 17.1 Å². The number of fused-ring (bicyclic) bond motifs is 3. The van der Waals surface area contributed by atoms with Crippen molar-refractivity contribution in [3.05, 3.63) is 173 Å². The predicted octanol–water partition coefficient (Wildman–Crippen LogP) is 10.4. The van der Waals surface area contributed by atoms with Crippen LogP contribution in [0.25, 0.3) is 34.6 Å². The molecule has 0 saturated heterocycles. The number of benzene rings is 6. The van der Waals surface area contributed by atoms with E-state index in [1.807, 2.05) is 0 Å². The van der Waals surface area contributed by atoms with Gasteiger partial charge in [0.2, 0.25) is 0 Å². The Bertz CT molecular complexity index is 1790. The molecule has 0 N–H and O–H groups in total. The molecule has 0 saturated carbocycles. The van der Waals surface area contributed by atoms with Crippen molar-refractivity contribution in [2.75, 3.05) is 4.90 Å². The molecular formula is C38H27N. The van der Waals surface area contributed by atoms with Gasteiger partial charge in [-0.15, -0.1) is 0 Å². The standard InChI is InChI=1S/C38H27N/c1-2-15-32(16-3-1)39(38-20-10-14-29-11-6-9-19-36(29)38)33-25-21-28(22-26-33)27-37-34-17-7-4-12-30(34)23-24-31-13-5-8-18-35(31)37/h1-27H. The second kappa shape index (κ2) is 9.96. The van der Waals surface area contributed by atoms with E-state index in [-0.39, 0.29) is 0 Å². The normalized spacial score (nSPS) is 11.9. The molecule has 0 atom stereocenters. The zero-order chi connectivity index (χ0) is 26.0. The van der Waals surface area contributed by atoms with Gasteiger partial charge in [0.05, 0.1) is 5.69 Å². The highest BCUT2D eigenvalue weighted by atomic mass is 15.1. The first-order chi connectivity index (χ1) is 19.3. The van der Waals surface area contributed by atoms with Crippen molar-refractivity contribution >= 4 is 51.6 Å². The third kappa shape index (κ3) is 4.35. The highest BCUT2D eigenvalue weighted by Gasteiger charge is 2.16. The van der Waals surface area contributed by atoms with E-state index in [0.717, 1.165) is 11.4 Å². The molecule has 0 bridgehead atoms. The lowest BCUT2D eigenvalue weighted by Gasteiger charge is -2.27. The average molecular weight is 498 g/mol. The van der Waals surface area contributed by atoms with Gasteiger partial charge in [0.1, 0.15) is 0 Å². The van der Waals surface area contributed by atoms with E-state index in [9.17, 15) is 0 Å². The van der Waals surface area contributed by atoms with Crippen molar-refractivity contribution in [3.8, 4) is 0 Å². The Morgan fingerprint density at radius 1 is 0.436 bits per heavy atom. The van der Waals surface area contributed by atoms with Crippen LogP contribution in [0.5, 0.6) is 0 Å². The SMILES string of the molecule is C1=Cc2ccccc2C(=Cc2ccc(N(c3ccccc3)c3cccc4ccccc34)cc2)c2ccccc21. The summed E-state index contributed by atoms with van der Waals surface area (Å²) in [6.45, 7) is 0. The fourth-order valence-electron chi connectivity index (χ4n) is 5.55. The summed E-state index contributed by atoms with van der Waals surface area (Å²) in [5.41, 5.74) is 10.8. The molecular weight excluding hydrogens is 470 g/mol. The summed E-state index contributed by atoms with van der Waals surface area (Å²) in [5.74, 6) is 0. The van der Waals surface area contributed by atoms with Gasteiger partial charge < -0.3 is 4.90 Å². The molecule has 0 unspecified atom stereocenters. The van der Waals surface area contributed by atoms with Gasteiger partial charge in [-0.3, -0.25) is 0 Å². The Morgan fingerprint density at radius 3 is 1.72 bits per heavy atom. The second-order valence-corrected chi connectivity index (χ2v) is 9.83. The largest absolute Gasteiger partial charge is 0.310 e. The number of anilines is 3. The fraction of sp³-hybridized carbons (Fsp3) is 0. The van der Waals surface area contributed by atoms with Gasteiger partial charge in [-0.05, 0) is 75.2 Å². The summed E-state index contributed by atoms with van der Waals surface area (Å²) in [7, 11) is 0. The quantitative estimate of drug-likeness (QED) is 0.234. The van der Waals surface area contributed by atoms with Gasteiger partial charge in [-0.1, -0.05) is 127 Å². The van der Waals surface area contributed by atoms with E-state index < -0.39 is 0 Å². The van der Waals surface area contributed by atoms with Crippen LogP contribution < -0.4 is 4.90 Å². The Labute approximate surface area is 229 Å². The molecule has 0 radical (unpaired) electrons. The molecule has 7 rings (SSSR count). The molecule has 0 fully saturated rings. The van der Waals surface area contributed by atoms with Gasteiger partial charge in [0.25, 0.3) is 0 Å². The summed E-state index contributed by atoms with van der Waals surface area (Å²) in [6.07, 6.45) is 6.76. The molecule has 1 aliphatic carbocycles. The lowest BCUT2D eigenvalue weighted by atomic mass is 9.92. The molecule has 0 amide bonds. The maximum atomic E-state index is 2.35. The monoisotopic (exact) mass is 497 g/mol. The van der Waals surface area contributed by atoms with Crippen molar-refractivity contribution in [1.29, 1.82) is 0 Å². The van der Waals surface area contributed by atoms with Crippen molar-refractivity contribution in [3.63, 3.8) is 0 Å². The number of para-hydroxylation sites is 1. The highest BCUT2D eigenvalue weighted by molar-refractivity contribution is 6.01. The number of rotatable bonds is 4. The molecule has 6 aromatic rings. The van der Waals surface area contributed by atoms with Gasteiger partial charge in [-0.25, -0.2) is 0 Å². The third-order valence-corrected chi connectivity index (χ3v) is 7.43. The molecule has 1 heteroatoms. The molecule has 0 aromatic heterocycles. The molecule has 1 aliphatic rings. The topological polar surface area (TPSA) is 3.24 Å². The van der Waals surface area contributed by atoms with E-state index in [1.165, 1.54) is 49.9 Å². The van der Waals surface area contributed by atoms with Crippen LogP contribution in [-0.2, 0) is 0 Å². The predicted molar refractivity (Wildman–Crippen MR) is 167 cm³/mol. The Morgan fingerprint density at radius 2 is 1.00 bits per heavy atom. The van der Waals surface area contributed by atoms with Crippen molar-refractivity contribution in [2.45, 2.75) is 0 Å².